The number of amides is 4. The van der Waals surface area contributed by atoms with Gasteiger partial charge in [-0.2, -0.15) is 12.6 Å². The van der Waals surface area contributed by atoms with Gasteiger partial charge in [-0.1, -0.05) is 32.4 Å². The number of carbonyl (C=O) groups is 5. The van der Waals surface area contributed by atoms with Gasteiger partial charge in [0.25, 0.3) is 0 Å². The summed E-state index contributed by atoms with van der Waals surface area (Å²) >= 11 is 4.07. The quantitative estimate of drug-likeness (QED) is 0.133. The highest BCUT2D eigenvalue weighted by molar-refractivity contribution is 7.80. The lowest BCUT2D eigenvalue weighted by atomic mass is 9.97. The summed E-state index contributed by atoms with van der Waals surface area (Å²) in [7, 11) is 0. The van der Waals surface area contributed by atoms with E-state index in [2.05, 4.69) is 28.6 Å². The Morgan fingerprint density at radius 3 is 2.06 bits per heavy atom. The zero-order chi connectivity index (χ0) is 27.4. The molecule has 0 radical (unpaired) electrons. The lowest BCUT2D eigenvalue weighted by Gasteiger charge is -2.27. The van der Waals surface area contributed by atoms with Crippen molar-refractivity contribution in [3.63, 3.8) is 0 Å². The number of nitrogens with one attached hydrogen (secondary N) is 3. The Morgan fingerprint density at radius 2 is 1.56 bits per heavy atom. The van der Waals surface area contributed by atoms with Gasteiger partial charge in [-0.05, 0) is 36.5 Å². The predicted octanol–water partition coefficient (Wildman–Crippen LogP) is -0.958. The second kappa shape index (κ2) is 14.9. The number of carboxylic acid groups (broad SMARTS) is 1. The molecule has 1 rings (SSSR count). The minimum atomic E-state index is -1.38. The Kier molecular flexibility index (Phi) is 12.7. The van der Waals surface area contributed by atoms with Crippen LogP contribution in [-0.2, 0) is 30.4 Å². The number of aromatic hydroxyl groups is 1. The SMILES string of the molecule is CCC(C)C(NC(=O)C(N)Cc1ccc(O)cc1)C(=O)NC(CS)C(=O)NC(CCC(N)=O)C(=O)O. The number of aliphatic carboxylic acids is 1. The van der Waals surface area contributed by atoms with Crippen molar-refractivity contribution < 1.29 is 34.2 Å². The Labute approximate surface area is 215 Å². The average molecular weight is 526 g/mol. The topological polar surface area (TPSA) is 214 Å². The molecule has 5 atom stereocenters. The number of rotatable bonds is 15. The summed E-state index contributed by atoms with van der Waals surface area (Å²) in [5.41, 5.74) is 11.8. The zero-order valence-corrected chi connectivity index (χ0v) is 21.2. The summed E-state index contributed by atoms with van der Waals surface area (Å²) in [5.74, 6) is -4.52. The Hall–Kier alpha value is -3.32. The van der Waals surface area contributed by atoms with Crippen LogP contribution in [-0.4, -0.2) is 69.7 Å². The Bertz CT molecular complexity index is 928. The molecule has 0 aliphatic rings. The van der Waals surface area contributed by atoms with Crippen molar-refractivity contribution in [3.05, 3.63) is 29.8 Å². The van der Waals surface area contributed by atoms with Gasteiger partial charge in [0.15, 0.2) is 0 Å². The van der Waals surface area contributed by atoms with E-state index >= 15 is 0 Å². The molecule has 200 valence electrons. The number of primary amides is 1. The first-order valence-electron chi connectivity index (χ1n) is 11.5. The number of phenols is 1. The van der Waals surface area contributed by atoms with E-state index in [9.17, 15) is 34.2 Å². The van der Waals surface area contributed by atoms with Crippen LogP contribution in [0, 0.1) is 5.92 Å². The molecule has 1 aromatic rings. The highest BCUT2D eigenvalue weighted by Gasteiger charge is 2.32. The predicted molar refractivity (Wildman–Crippen MR) is 135 cm³/mol. The molecule has 0 saturated heterocycles. The molecule has 1 aromatic carbocycles. The number of benzene rings is 1. The number of carboxylic acids is 1. The summed E-state index contributed by atoms with van der Waals surface area (Å²) in [6.45, 7) is 3.57. The molecular weight excluding hydrogens is 490 g/mol. The molecule has 0 heterocycles. The van der Waals surface area contributed by atoms with E-state index in [-0.39, 0.29) is 36.7 Å². The first-order chi connectivity index (χ1) is 16.9. The first-order valence-corrected chi connectivity index (χ1v) is 12.1. The summed E-state index contributed by atoms with van der Waals surface area (Å²) in [6, 6.07) is 1.63. The van der Waals surface area contributed by atoms with Gasteiger partial charge in [-0.3, -0.25) is 19.2 Å². The van der Waals surface area contributed by atoms with Crippen molar-refractivity contribution in [2.24, 2.45) is 17.4 Å². The Morgan fingerprint density at radius 1 is 0.972 bits per heavy atom. The van der Waals surface area contributed by atoms with Gasteiger partial charge in [0.05, 0.1) is 6.04 Å². The zero-order valence-electron chi connectivity index (χ0n) is 20.3. The molecule has 13 heteroatoms. The van der Waals surface area contributed by atoms with Gasteiger partial charge < -0.3 is 37.6 Å². The fourth-order valence-corrected chi connectivity index (χ4v) is 3.47. The van der Waals surface area contributed by atoms with Crippen molar-refractivity contribution in [2.45, 2.75) is 63.7 Å². The molecule has 0 fully saturated rings. The third-order valence-electron chi connectivity index (χ3n) is 5.63. The summed E-state index contributed by atoms with van der Waals surface area (Å²) in [6.07, 6.45) is 0.234. The summed E-state index contributed by atoms with van der Waals surface area (Å²) in [5, 5.41) is 26.1. The van der Waals surface area contributed by atoms with Crippen LogP contribution in [0.2, 0.25) is 0 Å². The second-order valence-electron chi connectivity index (χ2n) is 8.50. The smallest absolute Gasteiger partial charge is 0.326 e. The fraction of sp³-hybridized carbons (Fsp3) is 0.522. The number of thiol groups is 1. The average Bonchev–Trinajstić information content (AvgIpc) is 2.83. The van der Waals surface area contributed by atoms with Crippen LogP contribution >= 0.6 is 12.6 Å². The minimum absolute atomic E-state index is 0.0793. The lowest BCUT2D eigenvalue weighted by Crippen LogP contribution is -2.59. The van der Waals surface area contributed by atoms with E-state index in [1.165, 1.54) is 12.1 Å². The highest BCUT2D eigenvalue weighted by atomic mass is 32.1. The van der Waals surface area contributed by atoms with Crippen LogP contribution in [0.4, 0.5) is 0 Å². The number of nitrogens with two attached hydrogens (primary N) is 2. The van der Waals surface area contributed by atoms with E-state index in [0.29, 0.717) is 6.42 Å². The number of hydrogen-bond acceptors (Lipinski definition) is 8. The van der Waals surface area contributed by atoms with E-state index in [0.717, 1.165) is 5.56 Å². The monoisotopic (exact) mass is 525 g/mol. The maximum absolute atomic E-state index is 13.0. The van der Waals surface area contributed by atoms with Crippen LogP contribution in [0.5, 0.6) is 5.75 Å². The molecule has 12 nitrogen and oxygen atoms in total. The van der Waals surface area contributed by atoms with Gasteiger partial charge in [-0.25, -0.2) is 4.79 Å². The maximum atomic E-state index is 13.0. The van der Waals surface area contributed by atoms with E-state index in [4.69, 9.17) is 11.5 Å². The van der Waals surface area contributed by atoms with Gasteiger partial charge in [-0.15, -0.1) is 0 Å². The van der Waals surface area contributed by atoms with Crippen molar-refractivity contribution in [3.8, 4) is 5.75 Å². The number of hydrogen-bond donors (Lipinski definition) is 8. The van der Waals surface area contributed by atoms with Crippen molar-refractivity contribution >= 4 is 42.2 Å². The third-order valence-corrected chi connectivity index (χ3v) is 6.00. The molecule has 0 bridgehead atoms. The maximum Gasteiger partial charge on any atom is 0.326 e. The highest BCUT2D eigenvalue weighted by Crippen LogP contribution is 2.12. The molecule has 0 saturated carbocycles. The van der Waals surface area contributed by atoms with Crippen molar-refractivity contribution in [1.29, 1.82) is 0 Å². The van der Waals surface area contributed by atoms with Gasteiger partial charge in [0.1, 0.15) is 23.9 Å². The van der Waals surface area contributed by atoms with Gasteiger partial charge in [0, 0.05) is 12.2 Å². The van der Waals surface area contributed by atoms with E-state index < -0.39 is 53.8 Å². The van der Waals surface area contributed by atoms with Crippen LogP contribution in [0.25, 0.3) is 0 Å². The van der Waals surface area contributed by atoms with Crippen LogP contribution in [0.15, 0.2) is 24.3 Å². The molecule has 0 aromatic heterocycles. The standard InChI is InChI=1S/C23H35N5O7S/c1-3-12(2)19(28-20(31)15(24)10-13-4-6-14(29)7-5-13)22(33)27-17(11-36)21(32)26-16(23(34)35)8-9-18(25)30/h4-7,12,15-17,19,29,36H,3,8-11,24H2,1-2H3,(H2,25,30)(H,26,32)(H,27,33)(H,28,31)(H,34,35). The molecule has 0 aliphatic heterocycles. The molecule has 9 N–H and O–H groups in total. The summed E-state index contributed by atoms with van der Waals surface area (Å²) < 4.78 is 0. The van der Waals surface area contributed by atoms with Gasteiger partial charge in [0.2, 0.25) is 23.6 Å². The van der Waals surface area contributed by atoms with Gasteiger partial charge >= 0.3 is 5.97 Å². The largest absolute Gasteiger partial charge is 0.508 e. The Balaban J connectivity index is 2.87. The molecule has 0 aliphatic carbocycles. The molecule has 4 amide bonds. The number of phenolic OH excluding ortho intramolecular Hbond substituents is 1. The molecule has 36 heavy (non-hydrogen) atoms. The second-order valence-corrected chi connectivity index (χ2v) is 8.86. The normalized spacial score (nSPS) is 15.0. The first kappa shape index (κ1) is 30.7. The minimum Gasteiger partial charge on any atom is -0.508 e. The molecule has 5 unspecified atom stereocenters. The fourth-order valence-electron chi connectivity index (χ4n) is 3.21. The third kappa shape index (κ3) is 10.1. The van der Waals surface area contributed by atoms with Crippen LogP contribution in [0.1, 0.15) is 38.7 Å². The van der Waals surface area contributed by atoms with Crippen LogP contribution < -0.4 is 27.4 Å². The number of carbonyl (C=O) groups excluding carboxylic acids is 4. The van der Waals surface area contributed by atoms with Crippen molar-refractivity contribution in [2.75, 3.05) is 5.75 Å². The lowest BCUT2D eigenvalue weighted by molar-refractivity contribution is -0.142. The van der Waals surface area contributed by atoms with E-state index in [1.807, 2.05) is 6.92 Å². The molecular formula is C23H35N5O7S. The summed E-state index contributed by atoms with van der Waals surface area (Å²) in [4.78, 5) is 60.7. The van der Waals surface area contributed by atoms with E-state index in [1.54, 1.807) is 19.1 Å². The van der Waals surface area contributed by atoms with Crippen molar-refractivity contribution in [1.82, 2.24) is 16.0 Å². The molecule has 0 spiro atoms. The van der Waals surface area contributed by atoms with Crippen LogP contribution in [0.3, 0.4) is 0 Å².